The van der Waals surface area contributed by atoms with E-state index in [2.05, 4.69) is 20.5 Å². The third kappa shape index (κ3) is 5.34. The van der Waals surface area contributed by atoms with Gasteiger partial charge in [0.15, 0.2) is 11.8 Å². The highest BCUT2D eigenvalue weighted by molar-refractivity contribution is 14.0. The molecule has 0 amide bonds. The Morgan fingerprint density at radius 1 is 1.39 bits per heavy atom. The maximum Gasteiger partial charge on any atom is 0.416 e. The Kier molecular flexibility index (Phi) is 7.63. The molecule has 154 valence electrons. The molecule has 0 radical (unpaired) electrons. The predicted molar refractivity (Wildman–Crippen MR) is 108 cm³/mol. The minimum absolute atomic E-state index is 0. The zero-order valence-electron chi connectivity index (χ0n) is 15.5. The van der Waals surface area contributed by atoms with Gasteiger partial charge in [0, 0.05) is 20.6 Å². The molecule has 1 N–H and O–H groups in total. The molecule has 2 heterocycles. The van der Waals surface area contributed by atoms with Crippen molar-refractivity contribution in [2.75, 3.05) is 26.7 Å². The van der Waals surface area contributed by atoms with Gasteiger partial charge in [-0.05, 0) is 17.7 Å². The van der Waals surface area contributed by atoms with Gasteiger partial charge < -0.3 is 19.5 Å². The Morgan fingerprint density at radius 2 is 2.18 bits per heavy atom. The summed E-state index contributed by atoms with van der Waals surface area (Å²) in [4.78, 5) is 6.23. The Bertz CT molecular complexity index is 810. The van der Waals surface area contributed by atoms with Crippen molar-refractivity contribution in [2.45, 2.75) is 18.8 Å². The summed E-state index contributed by atoms with van der Waals surface area (Å²) < 4.78 is 46.4. The van der Waals surface area contributed by atoms with E-state index in [1.807, 2.05) is 11.9 Å². The van der Waals surface area contributed by atoms with E-state index in [0.29, 0.717) is 37.8 Å². The van der Waals surface area contributed by atoms with E-state index in [1.165, 1.54) is 6.07 Å². The largest absolute Gasteiger partial charge is 0.416 e. The van der Waals surface area contributed by atoms with Crippen molar-refractivity contribution in [2.24, 2.45) is 12.0 Å². The summed E-state index contributed by atoms with van der Waals surface area (Å²) >= 11 is 0. The molecule has 1 aromatic carbocycles. The number of rotatable bonds is 3. The van der Waals surface area contributed by atoms with E-state index in [4.69, 9.17) is 4.74 Å². The first-order chi connectivity index (χ1) is 12.9. The van der Waals surface area contributed by atoms with Crippen LogP contribution in [0.1, 0.15) is 23.1 Å². The highest BCUT2D eigenvalue weighted by atomic mass is 127. The molecule has 2 aromatic rings. The molecule has 11 heteroatoms. The Labute approximate surface area is 178 Å². The molecule has 1 aromatic heterocycles. The molecule has 28 heavy (non-hydrogen) atoms. The maximum absolute atomic E-state index is 13.0. The summed E-state index contributed by atoms with van der Waals surface area (Å²) in [5.41, 5.74) is -0.177. The van der Waals surface area contributed by atoms with Crippen LogP contribution in [0.3, 0.4) is 0 Å². The molecule has 0 bridgehead atoms. The molecular weight excluding hydrogens is 488 g/mol. The van der Waals surface area contributed by atoms with E-state index in [1.54, 1.807) is 24.0 Å². The molecule has 1 fully saturated rings. The fourth-order valence-electron chi connectivity index (χ4n) is 2.92. The van der Waals surface area contributed by atoms with Crippen molar-refractivity contribution in [3.8, 4) is 0 Å². The molecule has 1 unspecified atom stereocenters. The van der Waals surface area contributed by atoms with Crippen LogP contribution in [0.25, 0.3) is 0 Å². The molecular formula is C17H22F3IN6O. The summed E-state index contributed by atoms with van der Waals surface area (Å²) in [5, 5.41) is 11.0. The second-order valence-electron chi connectivity index (χ2n) is 6.19. The number of aliphatic imine (C=N–C) groups is 1. The third-order valence-electron chi connectivity index (χ3n) is 4.37. The van der Waals surface area contributed by atoms with Crippen LogP contribution in [0.15, 0.2) is 35.6 Å². The van der Waals surface area contributed by atoms with Crippen molar-refractivity contribution >= 4 is 29.9 Å². The van der Waals surface area contributed by atoms with Gasteiger partial charge >= 0.3 is 6.18 Å². The quantitative estimate of drug-likeness (QED) is 0.391. The minimum Gasteiger partial charge on any atom is -0.370 e. The molecule has 0 spiro atoms. The first-order valence-corrected chi connectivity index (χ1v) is 8.45. The molecule has 3 rings (SSSR count). The van der Waals surface area contributed by atoms with Crippen molar-refractivity contribution in [1.82, 2.24) is 25.0 Å². The lowest BCUT2D eigenvalue weighted by Gasteiger charge is -2.35. The fraction of sp³-hybridized carbons (Fsp3) is 0.471. The number of halogens is 4. The van der Waals surface area contributed by atoms with Crippen molar-refractivity contribution in [1.29, 1.82) is 0 Å². The molecule has 0 aliphatic carbocycles. The van der Waals surface area contributed by atoms with E-state index < -0.39 is 17.8 Å². The molecule has 1 atom stereocenters. The lowest BCUT2D eigenvalue weighted by molar-refractivity contribution is -0.137. The van der Waals surface area contributed by atoms with Crippen LogP contribution in [-0.2, 0) is 24.5 Å². The van der Waals surface area contributed by atoms with Gasteiger partial charge in [0.05, 0.1) is 25.3 Å². The number of aryl methyl sites for hydroxylation is 1. The van der Waals surface area contributed by atoms with Crippen LogP contribution in [0.2, 0.25) is 0 Å². The van der Waals surface area contributed by atoms with Gasteiger partial charge in [0.2, 0.25) is 0 Å². The molecule has 0 saturated carbocycles. The smallest absolute Gasteiger partial charge is 0.370 e. The second kappa shape index (κ2) is 9.54. The topological polar surface area (TPSA) is 67.6 Å². The van der Waals surface area contributed by atoms with Gasteiger partial charge in [0.1, 0.15) is 12.4 Å². The number of ether oxygens (including phenoxy) is 1. The van der Waals surface area contributed by atoms with Gasteiger partial charge in [-0.3, -0.25) is 4.99 Å². The zero-order valence-corrected chi connectivity index (χ0v) is 17.8. The van der Waals surface area contributed by atoms with Crippen molar-refractivity contribution in [3.05, 3.63) is 47.5 Å². The highest BCUT2D eigenvalue weighted by Gasteiger charge is 2.32. The van der Waals surface area contributed by atoms with Gasteiger partial charge in [-0.25, -0.2) is 0 Å². The summed E-state index contributed by atoms with van der Waals surface area (Å²) in [5.74, 6) is 1.39. The molecule has 7 nitrogen and oxygen atoms in total. The first-order valence-electron chi connectivity index (χ1n) is 8.45. The molecule has 1 aliphatic heterocycles. The second-order valence-corrected chi connectivity index (χ2v) is 6.19. The van der Waals surface area contributed by atoms with E-state index in [0.717, 1.165) is 18.0 Å². The number of hydrogen-bond donors (Lipinski definition) is 1. The Hall–Kier alpha value is -1.89. The SMILES string of the molecule is CN=C(NCc1nncn1C)N1CCOC(c2cccc(C(F)(F)F)c2)C1.I. The van der Waals surface area contributed by atoms with Gasteiger partial charge in [-0.1, -0.05) is 12.1 Å². The van der Waals surface area contributed by atoms with Crippen LogP contribution in [0.4, 0.5) is 13.2 Å². The van der Waals surface area contributed by atoms with Gasteiger partial charge in [-0.15, -0.1) is 34.2 Å². The average Bonchev–Trinajstić information content (AvgIpc) is 3.07. The van der Waals surface area contributed by atoms with Gasteiger partial charge in [0.25, 0.3) is 0 Å². The van der Waals surface area contributed by atoms with E-state index in [-0.39, 0.29) is 24.0 Å². The minimum atomic E-state index is -4.38. The number of nitrogens with zero attached hydrogens (tertiary/aromatic N) is 5. The Morgan fingerprint density at radius 3 is 2.82 bits per heavy atom. The summed E-state index contributed by atoms with van der Waals surface area (Å²) in [6.45, 7) is 1.83. The summed E-state index contributed by atoms with van der Waals surface area (Å²) in [7, 11) is 3.51. The highest BCUT2D eigenvalue weighted by Crippen LogP contribution is 2.32. The van der Waals surface area contributed by atoms with Crippen LogP contribution < -0.4 is 5.32 Å². The van der Waals surface area contributed by atoms with Crippen LogP contribution in [-0.4, -0.2) is 52.4 Å². The zero-order chi connectivity index (χ0) is 19.4. The van der Waals surface area contributed by atoms with Crippen molar-refractivity contribution in [3.63, 3.8) is 0 Å². The first kappa shape index (κ1) is 22.4. The number of guanidine groups is 1. The number of nitrogens with one attached hydrogen (secondary N) is 1. The monoisotopic (exact) mass is 510 g/mol. The Balaban J connectivity index is 0.00000280. The number of alkyl halides is 3. The molecule has 1 aliphatic rings. The van der Waals surface area contributed by atoms with Crippen LogP contribution in [0, 0.1) is 0 Å². The van der Waals surface area contributed by atoms with Gasteiger partial charge in [-0.2, -0.15) is 13.2 Å². The molecule has 1 saturated heterocycles. The normalized spacial score (nSPS) is 18.0. The van der Waals surface area contributed by atoms with E-state index in [9.17, 15) is 13.2 Å². The number of morpholine rings is 1. The lowest BCUT2D eigenvalue weighted by Crippen LogP contribution is -2.48. The number of benzene rings is 1. The fourth-order valence-corrected chi connectivity index (χ4v) is 2.92. The van der Waals surface area contributed by atoms with Crippen molar-refractivity contribution < 1.29 is 17.9 Å². The third-order valence-corrected chi connectivity index (χ3v) is 4.37. The average molecular weight is 510 g/mol. The number of aromatic nitrogens is 3. The van der Waals surface area contributed by atoms with Crippen LogP contribution >= 0.6 is 24.0 Å². The summed E-state index contributed by atoms with van der Waals surface area (Å²) in [6.07, 6.45) is -3.23. The predicted octanol–water partition coefficient (Wildman–Crippen LogP) is 2.60. The lowest BCUT2D eigenvalue weighted by atomic mass is 10.0. The maximum atomic E-state index is 13.0. The van der Waals surface area contributed by atoms with Crippen LogP contribution in [0.5, 0.6) is 0 Å². The standard InChI is InChI=1S/C17H21F3N6O.HI/c1-21-16(22-9-15-24-23-11-25(15)2)26-6-7-27-14(10-26)12-4-3-5-13(8-12)17(18,19)20;/h3-5,8,11,14H,6-7,9-10H2,1-2H3,(H,21,22);1H. The number of hydrogen-bond acceptors (Lipinski definition) is 4. The summed E-state index contributed by atoms with van der Waals surface area (Å²) in [6, 6.07) is 5.26. The van der Waals surface area contributed by atoms with E-state index >= 15 is 0 Å².